The Morgan fingerprint density at radius 1 is 0.781 bits per heavy atom. The number of benzene rings is 1. The molecule has 26 nitrogen and oxygen atoms in total. The van der Waals surface area contributed by atoms with Crippen LogP contribution in [0.3, 0.4) is 0 Å². The van der Waals surface area contributed by atoms with E-state index in [0.717, 1.165) is 16.7 Å². The molecule has 406 valence electrons. The number of guanidine groups is 1. The molecule has 3 rings (SSSR count). The van der Waals surface area contributed by atoms with Crippen LogP contribution < -0.4 is 49.1 Å². The molecule has 2 saturated heterocycles. The summed E-state index contributed by atoms with van der Waals surface area (Å²) in [5.41, 5.74) is 16.8. The van der Waals surface area contributed by atoms with Crippen molar-refractivity contribution < 1.29 is 67.6 Å². The maximum Gasteiger partial charge on any atom is 0.328 e. The standard InChI is InChI=1S/C47H74N12O14/c1-21(2)20-30-44(69)59(9)31(17-18-32(48)62)40(65)57-36(37(72-10)27-13-15-28(61)16-14-27)45(70)58(8)24(5)46(71)73-26(7)35(56-41(66)33-22(3)23(4)38(63)54-33)43(68)55-34(25(6)60)42(67)52-29(39(64)53-30)12-11-19-51-47(49)50/h13-16,21-26,29-31,33-37,60-61H,11-12,17-20H2,1-10H3,(H2,48,62)(H,52,67)(H,53,64)(H,54,63)(H,55,68)(H,56,66)(H,57,65)(H4,49,50,51)/t22?,23?,24?,25?,26-,29-,30+,31?,33?,34+,35?,36?,37?/m1/s1. The number of phenols is 1. The number of esters is 1. The van der Waals surface area contributed by atoms with Crippen molar-refractivity contribution in [2.75, 3.05) is 27.7 Å². The van der Waals surface area contributed by atoms with Crippen LogP contribution in [0.25, 0.3) is 0 Å². The molecule has 0 aromatic heterocycles. The van der Waals surface area contributed by atoms with Gasteiger partial charge in [0.2, 0.25) is 53.2 Å². The summed E-state index contributed by atoms with van der Waals surface area (Å²) in [5, 5.41) is 36.3. The number of carbonyl (C=O) groups excluding carboxylic acids is 10. The first-order valence-electron chi connectivity index (χ1n) is 24.0. The summed E-state index contributed by atoms with van der Waals surface area (Å²) in [6.07, 6.45) is -5.55. The molecule has 0 bridgehead atoms. The number of likely N-dealkylation sites (N-methyl/N-ethyl adjacent to an activating group) is 2. The van der Waals surface area contributed by atoms with Crippen molar-refractivity contribution in [1.29, 1.82) is 0 Å². The fourth-order valence-corrected chi connectivity index (χ4v) is 8.28. The quantitative estimate of drug-likeness (QED) is 0.0354. The predicted molar refractivity (Wildman–Crippen MR) is 262 cm³/mol. The minimum Gasteiger partial charge on any atom is -0.508 e. The monoisotopic (exact) mass is 1030 g/mol. The zero-order valence-corrected chi connectivity index (χ0v) is 43.0. The Bertz CT molecular complexity index is 2210. The number of hydrogen-bond acceptors (Lipinski definition) is 15. The Morgan fingerprint density at radius 3 is 1.92 bits per heavy atom. The fraction of sp³-hybridized carbons (Fsp3) is 0.638. The van der Waals surface area contributed by atoms with E-state index in [2.05, 4.69) is 36.9 Å². The number of aliphatic hydroxyl groups excluding tert-OH is 1. The van der Waals surface area contributed by atoms with Gasteiger partial charge < -0.3 is 78.6 Å². The number of carbonyl (C=O) groups is 10. The number of aromatic hydroxyl groups is 1. The SMILES string of the molecule is COC(c1ccc(O)cc1)C1NC(=O)C(CCC(N)=O)N(C)C(=O)[C@H](CC(C)C)NC(=O)[C@@H](CCCN=C(N)N)NC(=O)[C@H](C(C)O)NC(=O)C(NC(=O)C2NC(=O)C(C)C2C)[C@@H](C)OC(=O)C(C)N(C)C1=O. The number of phenolic OH excluding ortho intramolecular Hbond substituents is 1. The zero-order valence-electron chi connectivity index (χ0n) is 43.0. The molecule has 2 heterocycles. The van der Waals surface area contributed by atoms with Crippen molar-refractivity contribution in [3.8, 4) is 5.75 Å². The molecular formula is C47H74N12O14. The van der Waals surface area contributed by atoms with Crippen LogP contribution in [0.15, 0.2) is 29.3 Å². The van der Waals surface area contributed by atoms with E-state index in [1.807, 2.05) is 0 Å². The second-order valence-electron chi connectivity index (χ2n) is 19.0. The summed E-state index contributed by atoms with van der Waals surface area (Å²) >= 11 is 0. The summed E-state index contributed by atoms with van der Waals surface area (Å²) in [6, 6.07) is -7.09. The number of primary amides is 1. The molecule has 9 unspecified atom stereocenters. The Balaban J connectivity index is 2.30. The van der Waals surface area contributed by atoms with Gasteiger partial charge in [-0.3, -0.25) is 48.1 Å². The first-order valence-corrected chi connectivity index (χ1v) is 24.0. The van der Waals surface area contributed by atoms with Gasteiger partial charge in [-0.25, -0.2) is 4.79 Å². The molecule has 13 atom stereocenters. The van der Waals surface area contributed by atoms with E-state index in [-0.39, 0.29) is 55.4 Å². The summed E-state index contributed by atoms with van der Waals surface area (Å²) in [7, 11) is 3.68. The highest BCUT2D eigenvalue weighted by atomic mass is 16.5. The zero-order chi connectivity index (χ0) is 55.2. The third-order valence-corrected chi connectivity index (χ3v) is 13.0. The lowest BCUT2D eigenvalue weighted by molar-refractivity contribution is -0.161. The average Bonchev–Trinajstić information content (AvgIpc) is 3.58. The first kappa shape index (κ1) is 60.2. The lowest BCUT2D eigenvalue weighted by Crippen LogP contribution is -2.63. The number of methoxy groups -OCH3 is 1. The van der Waals surface area contributed by atoms with Crippen molar-refractivity contribution in [1.82, 2.24) is 41.7 Å². The summed E-state index contributed by atoms with van der Waals surface area (Å²) in [6.45, 7) is 10.4. The van der Waals surface area contributed by atoms with Gasteiger partial charge in [-0.2, -0.15) is 0 Å². The predicted octanol–water partition coefficient (Wildman–Crippen LogP) is -3.36. The minimum absolute atomic E-state index is 0.0162. The van der Waals surface area contributed by atoms with Crippen LogP contribution >= 0.6 is 0 Å². The molecule has 73 heavy (non-hydrogen) atoms. The summed E-state index contributed by atoms with van der Waals surface area (Å²) in [4.78, 5) is 145. The van der Waals surface area contributed by atoms with Crippen LogP contribution in [0.4, 0.5) is 0 Å². The van der Waals surface area contributed by atoms with Gasteiger partial charge in [0.1, 0.15) is 66.3 Å². The van der Waals surface area contributed by atoms with Crippen LogP contribution in [0.1, 0.15) is 92.2 Å². The molecule has 2 aliphatic heterocycles. The Hall–Kier alpha value is -7.09. The highest BCUT2D eigenvalue weighted by Gasteiger charge is 2.45. The van der Waals surface area contributed by atoms with Crippen LogP contribution in [0, 0.1) is 17.8 Å². The maximum atomic E-state index is 14.8. The number of nitrogens with one attached hydrogen (secondary N) is 6. The van der Waals surface area contributed by atoms with Crippen molar-refractivity contribution >= 4 is 65.1 Å². The molecule has 0 saturated carbocycles. The molecule has 1 aromatic rings. The van der Waals surface area contributed by atoms with Gasteiger partial charge in [0.05, 0.1) is 6.10 Å². The van der Waals surface area contributed by atoms with Gasteiger partial charge >= 0.3 is 5.97 Å². The number of aliphatic hydroxyl groups is 1. The van der Waals surface area contributed by atoms with Crippen LogP contribution in [0.2, 0.25) is 0 Å². The molecule has 14 N–H and O–H groups in total. The van der Waals surface area contributed by atoms with Gasteiger partial charge in [-0.15, -0.1) is 0 Å². The van der Waals surface area contributed by atoms with Gasteiger partial charge in [0.25, 0.3) is 0 Å². The first-order chi connectivity index (χ1) is 34.1. The molecule has 0 radical (unpaired) electrons. The Morgan fingerprint density at radius 2 is 1.38 bits per heavy atom. The number of rotatable bonds is 15. The van der Waals surface area contributed by atoms with E-state index in [1.54, 1.807) is 27.7 Å². The van der Waals surface area contributed by atoms with E-state index in [9.17, 15) is 58.2 Å². The Labute approximate surface area is 424 Å². The number of cyclic esters (lactones) is 1. The topological polar surface area (TPSA) is 399 Å². The lowest BCUT2D eigenvalue weighted by Gasteiger charge is -2.36. The molecule has 0 spiro atoms. The van der Waals surface area contributed by atoms with Gasteiger partial charge in [-0.05, 0) is 76.0 Å². The van der Waals surface area contributed by atoms with E-state index in [0.29, 0.717) is 0 Å². The highest BCUT2D eigenvalue weighted by Crippen LogP contribution is 2.27. The number of hydrogen-bond donors (Lipinski definition) is 11. The van der Waals surface area contributed by atoms with Gasteiger partial charge in [-0.1, -0.05) is 39.8 Å². The second-order valence-corrected chi connectivity index (χ2v) is 19.0. The second kappa shape index (κ2) is 27.1. The number of aliphatic imine (C=N–C) groups is 1. The lowest BCUT2D eigenvalue weighted by atomic mass is 9.93. The molecule has 26 heteroatoms. The van der Waals surface area contributed by atoms with Crippen molar-refractivity contribution in [3.63, 3.8) is 0 Å². The molecule has 1 aromatic carbocycles. The van der Waals surface area contributed by atoms with Crippen molar-refractivity contribution in [2.24, 2.45) is 39.9 Å². The van der Waals surface area contributed by atoms with E-state index >= 15 is 0 Å². The largest absolute Gasteiger partial charge is 0.508 e. The minimum atomic E-state index is -1.85. The third-order valence-electron chi connectivity index (χ3n) is 13.0. The van der Waals surface area contributed by atoms with E-state index in [4.69, 9.17) is 26.7 Å². The third kappa shape index (κ3) is 16.5. The molecule has 0 aliphatic carbocycles. The number of nitrogens with two attached hydrogens (primary N) is 3. The van der Waals surface area contributed by atoms with Gasteiger partial charge in [0.15, 0.2) is 5.96 Å². The number of ether oxygens (including phenoxy) is 2. The van der Waals surface area contributed by atoms with Crippen LogP contribution in [-0.4, -0.2) is 173 Å². The fourth-order valence-electron chi connectivity index (χ4n) is 8.28. The molecular weight excluding hydrogens is 957 g/mol. The van der Waals surface area contributed by atoms with E-state index in [1.165, 1.54) is 59.3 Å². The van der Waals surface area contributed by atoms with Crippen molar-refractivity contribution in [3.05, 3.63) is 29.8 Å². The maximum absolute atomic E-state index is 14.8. The van der Waals surface area contributed by atoms with Crippen molar-refractivity contribution in [2.45, 2.75) is 147 Å². The summed E-state index contributed by atoms with van der Waals surface area (Å²) in [5.74, 6) is -11.1. The smallest absolute Gasteiger partial charge is 0.328 e. The highest BCUT2D eigenvalue weighted by molar-refractivity contribution is 5.99. The normalized spacial score (nSPS) is 28.2. The molecule has 2 aliphatic rings. The Kier molecular flexibility index (Phi) is 22.4. The van der Waals surface area contributed by atoms with Crippen LogP contribution in [-0.2, 0) is 57.4 Å². The molecule has 9 amide bonds. The average molecular weight is 1030 g/mol. The molecule has 2 fully saturated rings. The van der Waals surface area contributed by atoms with Crippen LogP contribution in [0.5, 0.6) is 5.75 Å². The summed E-state index contributed by atoms with van der Waals surface area (Å²) < 4.78 is 11.5. The van der Waals surface area contributed by atoms with Gasteiger partial charge in [0, 0.05) is 40.1 Å². The van der Waals surface area contributed by atoms with E-state index < -0.39 is 144 Å². The number of nitrogens with zero attached hydrogens (tertiary/aromatic N) is 3. The number of amides is 9.